The van der Waals surface area contributed by atoms with Crippen LogP contribution in [-0.2, 0) is 4.79 Å². The van der Waals surface area contributed by atoms with Crippen molar-refractivity contribution >= 4 is 17.5 Å². The molecule has 1 aromatic carbocycles. The quantitative estimate of drug-likeness (QED) is 0.471. The summed E-state index contributed by atoms with van der Waals surface area (Å²) >= 11 is 5.74. The highest BCUT2D eigenvalue weighted by atomic mass is 35.5. The Hall–Kier alpha value is -1.26. The second kappa shape index (κ2) is 6.35. The Morgan fingerprint density at radius 3 is 2.62 bits per heavy atom. The maximum absolute atomic E-state index is 11.4. The van der Waals surface area contributed by atoms with E-state index in [1.165, 1.54) is 0 Å². The summed E-state index contributed by atoms with van der Waals surface area (Å²) in [7, 11) is 0. The highest BCUT2D eigenvalue weighted by molar-refractivity contribution is 6.30. The van der Waals surface area contributed by atoms with Crippen molar-refractivity contribution in [2.75, 3.05) is 0 Å². The Morgan fingerprint density at radius 2 is 2.12 bits per heavy atom. The zero-order valence-electron chi connectivity index (χ0n) is 9.07. The largest absolute Gasteiger partial charge is 0.481 e. The number of rotatable bonds is 5. The number of ether oxygens (including phenoxy) is 1. The average molecular weight is 243 g/mol. The summed E-state index contributed by atoms with van der Waals surface area (Å²) < 4.78 is 5.51. The summed E-state index contributed by atoms with van der Waals surface area (Å²) in [5.74, 6) is 5.36. The number of amides is 1. The molecule has 1 unspecified atom stereocenters. The monoisotopic (exact) mass is 242 g/mol. The average Bonchev–Trinajstić information content (AvgIpc) is 2.30. The number of hydrogen-bond acceptors (Lipinski definition) is 3. The molecule has 1 rings (SSSR count). The normalized spacial score (nSPS) is 11.9. The van der Waals surface area contributed by atoms with Crippen LogP contribution in [0.15, 0.2) is 24.3 Å². The first-order valence-corrected chi connectivity index (χ1v) is 5.47. The topological polar surface area (TPSA) is 64.3 Å². The molecule has 0 spiro atoms. The molecular weight excluding hydrogens is 228 g/mol. The van der Waals surface area contributed by atoms with Gasteiger partial charge in [-0.05, 0) is 30.7 Å². The van der Waals surface area contributed by atoms with E-state index in [1.807, 2.05) is 6.92 Å². The lowest BCUT2D eigenvalue weighted by Crippen LogP contribution is -2.42. The molecule has 0 aliphatic heterocycles. The molecule has 16 heavy (non-hydrogen) atoms. The van der Waals surface area contributed by atoms with Gasteiger partial charge in [-0.1, -0.05) is 24.9 Å². The maximum Gasteiger partial charge on any atom is 0.274 e. The molecular formula is C11H15ClN2O2. The molecule has 0 aromatic heterocycles. The van der Waals surface area contributed by atoms with Crippen molar-refractivity contribution in [2.45, 2.75) is 25.9 Å². The van der Waals surface area contributed by atoms with Crippen molar-refractivity contribution in [3.63, 3.8) is 0 Å². The van der Waals surface area contributed by atoms with Gasteiger partial charge in [0.15, 0.2) is 6.10 Å². The van der Waals surface area contributed by atoms with Gasteiger partial charge < -0.3 is 4.74 Å². The fourth-order valence-corrected chi connectivity index (χ4v) is 1.40. The van der Waals surface area contributed by atoms with Crippen LogP contribution >= 0.6 is 11.6 Å². The summed E-state index contributed by atoms with van der Waals surface area (Å²) in [6, 6.07) is 6.85. The van der Waals surface area contributed by atoms with Crippen LogP contribution in [-0.4, -0.2) is 12.0 Å². The van der Waals surface area contributed by atoms with Crippen molar-refractivity contribution in [1.82, 2.24) is 5.43 Å². The number of carbonyl (C=O) groups excluding carboxylic acids is 1. The van der Waals surface area contributed by atoms with Gasteiger partial charge in [-0.15, -0.1) is 0 Å². The first kappa shape index (κ1) is 12.8. The number of hydrazine groups is 1. The Kier molecular flexibility index (Phi) is 5.08. The van der Waals surface area contributed by atoms with Gasteiger partial charge in [0.1, 0.15) is 5.75 Å². The summed E-state index contributed by atoms with van der Waals surface area (Å²) in [6.45, 7) is 1.97. The molecule has 88 valence electrons. The third-order valence-electron chi connectivity index (χ3n) is 2.08. The predicted octanol–water partition coefficient (Wildman–Crippen LogP) is 1.88. The number of nitrogens with two attached hydrogens (primary N) is 1. The van der Waals surface area contributed by atoms with Gasteiger partial charge in [0.2, 0.25) is 0 Å². The first-order valence-electron chi connectivity index (χ1n) is 5.10. The minimum Gasteiger partial charge on any atom is -0.481 e. The van der Waals surface area contributed by atoms with Crippen molar-refractivity contribution in [3.8, 4) is 5.75 Å². The summed E-state index contributed by atoms with van der Waals surface area (Å²) in [5, 5.41) is 0.627. The molecule has 0 saturated heterocycles. The van der Waals surface area contributed by atoms with E-state index in [-0.39, 0.29) is 5.91 Å². The third-order valence-corrected chi connectivity index (χ3v) is 2.33. The van der Waals surface area contributed by atoms with Crippen LogP contribution in [0.4, 0.5) is 0 Å². The molecule has 0 saturated carbocycles. The molecule has 3 N–H and O–H groups in total. The Labute approximate surface area is 99.7 Å². The van der Waals surface area contributed by atoms with E-state index in [4.69, 9.17) is 22.2 Å². The van der Waals surface area contributed by atoms with Crippen LogP contribution < -0.4 is 16.0 Å². The van der Waals surface area contributed by atoms with E-state index in [9.17, 15) is 4.79 Å². The van der Waals surface area contributed by atoms with Crippen molar-refractivity contribution < 1.29 is 9.53 Å². The van der Waals surface area contributed by atoms with Crippen LogP contribution in [0.1, 0.15) is 19.8 Å². The number of benzene rings is 1. The standard InChI is InChI=1S/C11H15ClN2O2/c1-2-3-10(11(15)14-13)16-9-6-4-8(12)5-7-9/h4-7,10H,2-3,13H2,1H3,(H,14,15). The van der Waals surface area contributed by atoms with E-state index < -0.39 is 6.10 Å². The molecule has 0 heterocycles. The molecule has 0 fully saturated rings. The van der Waals surface area contributed by atoms with Gasteiger partial charge in [-0.25, -0.2) is 5.84 Å². The summed E-state index contributed by atoms with van der Waals surface area (Å²) in [5.41, 5.74) is 2.09. The van der Waals surface area contributed by atoms with E-state index in [0.717, 1.165) is 6.42 Å². The van der Waals surface area contributed by atoms with E-state index >= 15 is 0 Å². The number of hydrogen-bond donors (Lipinski definition) is 2. The molecule has 1 amide bonds. The van der Waals surface area contributed by atoms with Gasteiger partial charge in [0.05, 0.1) is 0 Å². The lowest BCUT2D eigenvalue weighted by Gasteiger charge is -2.16. The molecule has 0 aliphatic carbocycles. The van der Waals surface area contributed by atoms with Gasteiger partial charge in [0.25, 0.3) is 5.91 Å². The SMILES string of the molecule is CCCC(Oc1ccc(Cl)cc1)C(=O)NN. The summed E-state index contributed by atoms with van der Waals surface area (Å²) in [6.07, 6.45) is 0.897. The van der Waals surface area contributed by atoms with Crippen LogP contribution in [0.5, 0.6) is 5.75 Å². The molecule has 0 bridgehead atoms. The van der Waals surface area contributed by atoms with Crippen LogP contribution in [0, 0.1) is 0 Å². The second-order valence-corrected chi connectivity index (χ2v) is 3.79. The van der Waals surface area contributed by atoms with Gasteiger partial charge in [-0.3, -0.25) is 10.2 Å². The molecule has 1 atom stereocenters. The fourth-order valence-electron chi connectivity index (χ4n) is 1.28. The third kappa shape index (κ3) is 3.72. The van der Waals surface area contributed by atoms with Gasteiger partial charge in [0, 0.05) is 5.02 Å². The minimum absolute atomic E-state index is 0.322. The van der Waals surface area contributed by atoms with Crippen molar-refractivity contribution in [1.29, 1.82) is 0 Å². The maximum atomic E-state index is 11.4. The zero-order valence-corrected chi connectivity index (χ0v) is 9.83. The number of nitrogens with one attached hydrogen (secondary N) is 1. The molecule has 4 nitrogen and oxygen atoms in total. The van der Waals surface area contributed by atoms with E-state index in [0.29, 0.717) is 17.2 Å². The lowest BCUT2D eigenvalue weighted by atomic mass is 10.2. The Balaban J connectivity index is 2.67. The predicted molar refractivity (Wildman–Crippen MR) is 63.1 cm³/mol. The van der Waals surface area contributed by atoms with Gasteiger partial charge in [-0.2, -0.15) is 0 Å². The smallest absolute Gasteiger partial charge is 0.274 e. The second-order valence-electron chi connectivity index (χ2n) is 3.36. The van der Waals surface area contributed by atoms with Crippen LogP contribution in [0.2, 0.25) is 5.02 Å². The highest BCUT2D eigenvalue weighted by Crippen LogP contribution is 2.18. The number of carbonyl (C=O) groups is 1. The van der Waals surface area contributed by atoms with Crippen molar-refractivity contribution in [2.24, 2.45) is 5.84 Å². The Morgan fingerprint density at radius 1 is 1.50 bits per heavy atom. The first-order chi connectivity index (χ1) is 7.67. The van der Waals surface area contributed by atoms with E-state index in [2.05, 4.69) is 5.43 Å². The minimum atomic E-state index is -0.559. The van der Waals surface area contributed by atoms with E-state index in [1.54, 1.807) is 24.3 Å². The van der Waals surface area contributed by atoms with Gasteiger partial charge >= 0.3 is 0 Å². The zero-order chi connectivity index (χ0) is 12.0. The fraction of sp³-hybridized carbons (Fsp3) is 0.364. The van der Waals surface area contributed by atoms with Crippen LogP contribution in [0.25, 0.3) is 0 Å². The number of halogens is 1. The molecule has 5 heteroatoms. The molecule has 0 radical (unpaired) electrons. The summed E-state index contributed by atoms with van der Waals surface area (Å²) in [4.78, 5) is 11.4. The van der Waals surface area contributed by atoms with Crippen LogP contribution in [0.3, 0.4) is 0 Å². The lowest BCUT2D eigenvalue weighted by molar-refractivity contribution is -0.128. The molecule has 0 aliphatic rings. The molecule has 1 aromatic rings. The highest BCUT2D eigenvalue weighted by Gasteiger charge is 2.18. The Bertz CT molecular complexity index is 340. The van der Waals surface area contributed by atoms with Crippen molar-refractivity contribution in [3.05, 3.63) is 29.3 Å².